The molecule has 120 valence electrons. The summed E-state index contributed by atoms with van der Waals surface area (Å²) in [7, 11) is 0. The van der Waals surface area contributed by atoms with E-state index in [1.807, 2.05) is 24.3 Å². The molecule has 0 radical (unpaired) electrons. The Kier molecular flexibility index (Phi) is 4.67. The molecule has 23 heavy (non-hydrogen) atoms. The van der Waals surface area contributed by atoms with Crippen molar-refractivity contribution in [3.05, 3.63) is 65.5 Å². The molecule has 1 N–H and O–H groups in total. The molecular formula is C18H19F2N3. The summed E-state index contributed by atoms with van der Waals surface area (Å²) in [6.07, 6.45) is 1.01. The van der Waals surface area contributed by atoms with Crippen LogP contribution in [0.5, 0.6) is 0 Å². The molecule has 0 aliphatic rings. The Balaban J connectivity index is 1.76. The van der Waals surface area contributed by atoms with Gasteiger partial charge in [0.05, 0.1) is 17.6 Å². The first-order chi connectivity index (χ1) is 11.2. The van der Waals surface area contributed by atoms with E-state index in [1.54, 1.807) is 0 Å². The van der Waals surface area contributed by atoms with E-state index in [0.29, 0.717) is 12.1 Å². The maximum atomic E-state index is 13.6. The van der Waals surface area contributed by atoms with Gasteiger partial charge in [0.1, 0.15) is 17.5 Å². The third-order valence-corrected chi connectivity index (χ3v) is 3.79. The second kappa shape index (κ2) is 6.87. The van der Waals surface area contributed by atoms with Gasteiger partial charge in [-0.3, -0.25) is 0 Å². The number of nitrogens with zero attached hydrogens (tertiary/aromatic N) is 2. The zero-order valence-corrected chi connectivity index (χ0v) is 13.0. The van der Waals surface area contributed by atoms with Crippen LogP contribution >= 0.6 is 0 Å². The standard InChI is InChI=1S/C18H19F2N3/c1-2-9-23-17-6-4-3-5-16(17)22-18(23)12-21-11-13-10-14(19)7-8-15(13)20/h3-8,10,21H,2,9,11-12H2,1H3. The van der Waals surface area contributed by atoms with Gasteiger partial charge in [-0.1, -0.05) is 19.1 Å². The minimum atomic E-state index is -0.429. The van der Waals surface area contributed by atoms with Gasteiger partial charge in [-0.05, 0) is 36.8 Å². The molecule has 3 aromatic rings. The fourth-order valence-corrected chi connectivity index (χ4v) is 2.72. The van der Waals surface area contributed by atoms with Gasteiger partial charge < -0.3 is 9.88 Å². The number of hydrogen-bond acceptors (Lipinski definition) is 2. The Labute approximate surface area is 134 Å². The molecule has 3 rings (SSSR count). The van der Waals surface area contributed by atoms with Crippen molar-refractivity contribution < 1.29 is 8.78 Å². The zero-order chi connectivity index (χ0) is 16.2. The number of halogens is 2. The average molecular weight is 315 g/mol. The number of rotatable bonds is 6. The molecule has 2 aromatic carbocycles. The maximum absolute atomic E-state index is 13.6. The SMILES string of the molecule is CCCn1c(CNCc2cc(F)ccc2F)nc2ccccc21. The summed E-state index contributed by atoms with van der Waals surface area (Å²) in [6.45, 7) is 3.77. The maximum Gasteiger partial charge on any atom is 0.127 e. The second-order valence-corrected chi connectivity index (χ2v) is 5.51. The van der Waals surface area contributed by atoms with E-state index >= 15 is 0 Å². The Morgan fingerprint density at radius 1 is 1.09 bits per heavy atom. The summed E-state index contributed by atoms with van der Waals surface area (Å²) in [5.41, 5.74) is 2.38. The van der Waals surface area contributed by atoms with E-state index in [9.17, 15) is 8.78 Å². The highest BCUT2D eigenvalue weighted by Crippen LogP contribution is 2.17. The topological polar surface area (TPSA) is 29.9 Å². The van der Waals surface area contributed by atoms with Crippen LogP contribution in [0.4, 0.5) is 8.78 Å². The molecule has 3 nitrogen and oxygen atoms in total. The Morgan fingerprint density at radius 3 is 2.74 bits per heavy atom. The van der Waals surface area contributed by atoms with Crippen LogP contribution in [-0.2, 0) is 19.6 Å². The van der Waals surface area contributed by atoms with Gasteiger partial charge in [0.15, 0.2) is 0 Å². The first kappa shape index (κ1) is 15.6. The van der Waals surface area contributed by atoms with Crippen LogP contribution in [0.25, 0.3) is 11.0 Å². The van der Waals surface area contributed by atoms with E-state index in [1.165, 1.54) is 6.07 Å². The summed E-state index contributed by atoms with van der Waals surface area (Å²) in [4.78, 5) is 4.64. The molecule has 0 fully saturated rings. The van der Waals surface area contributed by atoms with E-state index in [0.717, 1.165) is 42.0 Å². The highest BCUT2D eigenvalue weighted by Gasteiger charge is 2.10. The molecule has 0 amide bonds. The van der Waals surface area contributed by atoms with Gasteiger partial charge in [-0.25, -0.2) is 13.8 Å². The third kappa shape index (κ3) is 3.40. The number of imidazole rings is 1. The fraction of sp³-hybridized carbons (Fsp3) is 0.278. The first-order valence-electron chi connectivity index (χ1n) is 7.78. The molecule has 1 heterocycles. The van der Waals surface area contributed by atoms with Crippen LogP contribution < -0.4 is 5.32 Å². The van der Waals surface area contributed by atoms with Crippen molar-refractivity contribution in [1.29, 1.82) is 0 Å². The van der Waals surface area contributed by atoms with Crippen molar-refractivity contribution in [2.45, 2.75) is 33.0 Å². The van der Waals surface area contributed by atoms with Crippen molar-refractivity contribution in [3.63, 3.8) is 0 Å². The molecule has 0 bridgehead atoms. The number of aryl methyl sites for hydroxylation is 1. The van der Waals surface area contributed by atoms with Crippen LogP contribution in [0.1, 0.15) is 24.7 Å². The summed E-state index contributed by atoms with van der Waals surface area (Å²) < 4.78 is 29.0. The minimum absolute atomic E-state index is 0.263. The number of para-hydroxylation sites is 2. The highest BCUT2D eigenvalue weighted by atomic mass is 19.1. The minimum Gasteiger partial charge on any atom is -0.327 e. The average Bonchev–Trinajstić information content (AvgIpc) is 2.89. The number of benzene rings is 2. The lowest BCUT2D eigenvalue weighted by molar-refractivity contribution is 0.556. The zero-order valence-electron chi connectivity index (χ0n) is 13.0. The van der Waals surface area contributed by atoms with Crippen molar-refractivity contribution in [2.75, 3.05) is 0 Å². The smallest absolute Gasteiger partial charge is 0.127 e. The highest BCUT2D eigenvalue weighted by molar-refractivity contribution is 5.75. The fourth-order valence-electron chi connectivity index (χ4n) is 2.72. The molecule has 0 spiro atoms. The van der Waals surface area contributed by atoms with Crippen molar-refractivity contribution in [1.82, 2.24) is 14.9 Å². The van der Waals surface area contributed by atoms with Crippen LogP contribution in [0.15, 0.2) is 42.5 Å². The van der Waals surface area contributed by atoms with E-state index in [-0.39, 0.29) is 6.54 Å². The summed E-state index contributed by atoms with van der Waals surface area (Å²) >= 11 is 0. The van der Waals surface area contributed by atoms with Gasteiger partial charge >= 0.3 is 0 Å². The predicted octanol–water partition coefficient (Wildman–Crippen LogP) is 4.01. The molecule has 5 heteroatoms. The van der Waals surface area contributed by atoms with E-state index < -0.39 is 11.6 Å². The van der Waals surface area contributed by atoms with Crippen molar-refractivity contribution in [2.24, 2.45) is 0 Å². The molecule has 0 unspecified atom stereocenters. The number of hydrogen-bond donors (Lipinski definition) is 1. The third-order valence-electron chi connectivity index (χ3n) is 3.79. The molecular weight excluding hydrogens is 296 g/mol. The van der Waals surface area contributed by atoms with Crippen LogP contribution in [0.3, 0.4) is 0 Å². The van der Waals surface area contributed by atoms with Crippen LogP contribution in [0, 0.1) is 11.6 Å². The lowest BCUT2D eigenvalue weighted by Crippen LogP contribution is -2.17. The molecule has 0 atom stereocenters. The molecule has 0 aliphatic heterocycles. The van der Waals surface area contributed by atoms with E-state index in [4.69, 9.17) is 0 Å². The first-order valence-corrected chi connectivity index (χ1v) is 7.78. The Bertz CT molecular complexity index is 811. The summed E-state index contributed by atoms with van der Waals surface area (Å²) in [5.74, 6) is 0.0762. The normalized spacial score (nSPS) is 11.3. The van der Waals surface area contributed by atoms with Crippen molar-refractivity contribution in [3.8, 4) is 0 Å². The van der Waals surface area contributed by atoms with Crippen LogP contribution in [-0.4, -0.2) is 9.55 Å². The van der Waals surface area contributed by atoms with Gasteiger partial charge in [0, 0.05) is 18.7 Å². The summed E-state index contributed by atoms with van der Waals surface area (Å²) in [5, 5.41) is 3.16. The van der Waals surface area contributed by atoms with Gasteiger partial charge in [-0.15, -0.1) is 0 Å². The second-order valence-electron chi connectivity index (χ2n) is 5.51. The Morgan fingerprint density at radius 2 is 1.91 bits per heavy atom. The Hall–Kier alpha value is -2.27. The molecule has 0 saturated carbocycles. The van der Waals surface area contributed by atoms with Gasteiger partial charge in [0.2, 0.25) is 0 Å². The van der Waals surface area contributed by atoms with Crippen LogP contribution in [0.2, 0.25) is 0 Å². The lowest BCUT2D eigenvalue weighted by Gasteiger charge is -2.09. The largest absolute Gasteiger partial charge is 0.327 e. The quantitative estimate of drug-likeness (QED) is 0.745. The van der Waals surface area contributed by atoms with E-state index in [2.05, 4.69) is 21.8 Å². The molecule has 0 saturated heterocycles. The monoisotopic (exact) mass is 315 g/mol. The van der Waals surface area contributed by atoms with Gasteiger partial charge in [0.25, 0.3) is 0 Å². The molecule has 1 aromatic heterocycles. The number of nitrogens with one attached hydrogen (secondary N) is 1. The van der Waals surface area contributed by atoms with Crippen molar-refractivity contribution >= 4 is 11.0 Å². The molecule has 0 aliphatic carbocycles. The summed E-state index contributed by atoms with van der Waals surface area (Å²) in [6, 6.07) is 11.5. The van der Waals surface area contributed by atoms with Gasteiger partial charge in [-0.2, -0.15) is 0 Å². The lowest BCUT2D eigenvalue weighted by atomic mass is 10.2. The number of fused-ring (bicyclic) bond motifs is 1. The number of aromatic nitrogens is 2. The predicted molar refractivity (Wildman–Crippen MR) is 86.9 cm³/mol.